The van der Waals surface area contributed by atoms with Gasteiger partial charge in [-0.2, -0.15) is 0 Å². The van der Waals surface area contributed by atoms with Crippen LogP contribution in [-0.4, -0.2) is 42.9 Å². The quantitative estimate of drug-likeness (QED) is 0.477. The first-order chi connectivity index (χ1) is 9.70. The predicted molar refractivity (Wildman–Crippen MR) is 75.4 cm³/mol. The molecule has 1 fully saturated rings. The summed E-state index contributed by atoms with van der Waals surface area (Å²) in [7, 11) is 0. The van der Waals surface area contributed by atoms with Gasteiger partial charge >= 0.3 is 11.8 Å². The van der Waals surface area contributed by atoms with Crippen molar-refractivity contribution in [1.29, 1.82) is 0 Å². The Hall–Kier alpha value is -2.55. The number of piperazine rings is 1. The molecule has 2 rings (SSSR count). The first-order valence-corrected chi connectivity index (χ1v) is 6.49. The molecule has 6 nitrogen and oxygen atoms in total. The van der Waals surface area contributed by atoms with E-state index in [1.54, 1.807) is 17.0 Å². The Morgan fingerprint density at radius 3 is 2.75 bits per heavy atom. The zero-order chi connectivity index (χ0) is 14.4. The third-order valence-electron chi connectivity index (χ3n) is 3.08. The molecule has 1 saturated heterocycles. The number of benzene rings is 1. The number of amides is 2. The molecule has 1 aromatic carbocycles. The first kappa shape index (κ1) is 13.9. The first-order valence-electron chi connectivity index (χ1n) is 6.49. The highest BCUT2D eigenvalue weighted by Gasteiger charge is 2.25. The second-order valence-electron chi connectivity index (χ2n) is 4.49. The van der Waals surface area contributed by atoms with Crippen molar-refractivity contribution in [3.05, 3.63) is 35.7 Å². The minimum Gasteiger partial charge on any atom is -0.385 e. The molecule has 0 aliphatic carbocycles. The van der Waals surface area contributed by atoms with Crippen LogP contribution in [-0.2, 0) is 9.59 Å². The zero-order valence-electron chi connectivity index (χ0n) is 11.1. The van der Waals surface area contributed by atoms with Crippen molar-refractivity contribution in [2.75, 3.05) is 31.5 Å². The van der Waals surface area contributed by atoms with Crippen LogP contribution >= 0.6 is 0 Å². The van der Waals surface area contributed by atoms with E-state index < -0.39 is 11.8 Å². The highest BCUT2D eigenvalue weighted by atomic mass is 16.2. The highest BCUT2D eigenvalue weighted by Crippen LogP contribution is 2.15. The van der Waals surface area contributed by atoms with Crippen molar-refractivity contribution in [1.82, 2.24) is 10.2 Å². The minimum absolute atomic E-state index is 0.447. The van der Waals surface area contributed by atoms with Crippen LogP contribution in [0.25, 0.3) is 4.85 Å². The summed E-state index contributed by atoms with van der Waals surface area (Å²) in [5.74, 6) is -0.961. The molecular formula is C14H16N4O2. The summed E-state index contributed by atoms with van der Waals surface area (Å²) >= 11 is 0. The maximum atomic E-state index is 11.5. The van der Waals surface area contributed by atoms with E-state index in [0.29, 0.717) is 31.9 Å². The molecule has 0 atom stereocenters. The van der Waals surface area contributed by atoms with E-state index in [1.807, 2.05) is 12.1 Å². The van der Waals surface area contributed by atoms with Gasteiger partial charge in [-0.15, -0.1) is 0 Å². The Labute approximate surface area is 117 Å². The maximum Gasteiger partial charge on any atom is 0.311 e. The van der Waals surface area contributed by atoms with Crippen LogP contribution in [0.3, 0.4) is 0 Å². The molecule has 1 aliphatic heterocycles. The molecule has 0 bridgehead atoms. The van der Waals surface area contributed by atoms with Gasteiger partial charge < -0.3 is 15.5 Å². The van der Waals surface area contributed by atoms with Crippen LogP contribution in [0.4, 0.5) is 11.4 Å². The number of anilines is 1. The molecule has 1 aliphatic rings. The van der Waals surface area contributed by atoms with Crippen molar-refractivity contribution in [2.24, 2.45) is 0 Å². The number of carbonyl (C=O) groups is 2. The van der Waals surface area contributed by atoms with Gasteiger partial charge in [-0.1, -0.05) is 12.1 Å². The summed E-state index contributed by atoms with van der Waals surface area (Å²) in [4.78, 5) is 27.6. The van der Waals surface area contributed by atoms with Crippen LogP contribution in [0.15, 0.2) is 24.3 Å². The fourth-order valence-corrected chi connectivity index (χ4v) is 1.99. The van der Waals surface area contributed by atoms with E-state index in [0.717, 1.165) is 12.1 Å². The SMILES string of the molecule is [C-]#[N+]c1ccc(NCCCN2CCNC(=O)C2=O)cc1. The van der Waals surface area contributed by atoms with Gasteiger partial charge in [0.25, 0.3) is 0 Å². The van der Waals surface area contributed by atoms with Crippen molar-refractivity contribution >= 4 is 23.2 Å². The van der Waals surface area contributed by atoms with Gasteiger partial charge in [-0.05, 0) is 18.6 Å². The van der Waals surface area contributed by atoms with Crippen molar-refractivity contribution in [2.45, 2.75) is 6.42 Å². The van der Waals surface area contributed by atoms with Gasteiger partial charge in [0.05, 0.1) is 6.57 Å². The molecule has 2 amide bonds. The fourth-order valence-electron chi connectivity index (χ4n) is 1.99. The zero-order valence-corrected chi connectivity index (χ0v) is 11.1. The van der Waals surface area contributed by atoms with Crippen LogP contribution < -0.4 is 10.6 Å². The lowest BCUT2D eigenvalue weighted by molar-refractivity contribution is -0.148. The molecule has 1 aromatic rings. The van der Waals surface area contributed by atoms with Crippen molar-refractivity contribution in [3.63, 3.8) is 0 Å². The monoisotopic (exact) mass is 272 g/mol. The lowest BCUT2D eigenvalue weighted by Crippen LogP contribution is -2.52. The summed E-state index contributed by atoms with van der Waals surface area (Å²) in [5.41, 5.74) is 1.56. The van der Waals surface area contributed by atoms with E-state index >= 15 is 0 Å². The summed E-state index contributed by atoms with van der Waals surface area (Å²) in [6, 6.07) is 7.22. The number of hydrogen-bond donors (Lipinski definition) is 2. The van der Waals surface area contributed by atoms with E-state index in [1.165, 1.54) is 0 Å². The summed E-state index contributed by atoms with van der Waals surface area (Å²) < 4.78 is 0. The Morgan fingerprint density at radius 2 is 2.05 bits per heavy atom. The van der Waals surface area contributed by atoms with Crippen LogP contribution in [0.1, 0.15) is 6.42 Å². The van der Waals surface area contributed by atoms with E-state index in [9.17, 15) is 9.59 Å². The topological polar surface area (TPSA) is 65.8 Å². The lowest BCUT2D eigenvalue weighted by atomic mass is 10.2. The molecule has 0 saturated carbocycles. The third-order valence-corrected chi connectivity index (χ3v) is 3.08. The Kier molecular flexibility index (Phi) is 4.56. The molecular weight excluding hydrogens is 256 g/mol. The number of carbonyl (C=O) groups excluding carboxylic acids is 2. The van der Waals surface area contributed by atoms with Crippen LogP contribution in [0, 0.1) is 6.57 Å². The van der Waals surface area contributed by atoms with Gasteiger partial charge in [-0.25, -0.2) is 4.85 Å². The fraction of sp³-hybridized carbons (Fsp3) is 0.357. The normalized spacial score (nSPS) is 14.7. The second-order valence-corrected chi connectivity index (χ2v) is 4.49. The number of rotatable bonds is 5. The standard InChI is InChI=1S/C14H16N4O2/c1-15-11-3-5-12(6-4-11)16-7-2-9-18-10-8-17-13(19)14(18)20/h3-6,16H,2,7-10H2,(H,17,19). The molecule has 104 valence electrons. The second kappa shape index (κ2) is 6.57. The molecule has 20 heavy (non-hydrogen) atoms. The molecule has 2 N–H and O–H groups in total. The van der Waals surface area contributed by atoms with Gasteiger partial charge in [0, 0.05) is 31.9 Å². The van der Waals surface area contributed by atoms with Crippen LogP contribution in [0.2, 0.25) is 0 Å². The highest BCUT2D eigenvalue weighted by molar-refractivity contribution is 6.35. The Balaban J connectivity index is 1.72. The number of nitrogens with zero attached hydrogens (tertiary/aromatic N) is 2. The minimum atomic E-state index is -0.515. The molecule has 0 spiro atoms. The average molecular weight is 272 g/mol. The molecule has 0 aromatic heterocycles. The van der Waals surface area contributed by atoms with Gasteiger partial charge in [0.2, 0.25) is 0 Å². The Bertz CT molecular complexity index is 533. The van der Waals surface area contributed by atoms with E-state index in [4.69, 9.17) is 6.57 Å². The van der Waals surface area contributed by atoms with E-state index in [2.05, 4.69) is 15.5 Å². The number of hydrogen-bond acceptors (Lipinski definition) is 3. The van der Waals surface area contributed by atoms with Crippen molar-refractivity contribution < 1.29 is 9.59 Å². The average Bonchev–Trinajstić information content (AvgIpc) is 2.48. The van der Waals surface area contributed by atoms with Gasteiger partial charge in [-0.3, -0.25) is 9.59 Å². The summed E-state index contributed by atoms with van der Waals surface area (Å²) in [5, 5.41) is 5.74. The largest absolute Gasteiger partial charge is 0.385 e. The Morgan fingerprint density at radius 1 is 1.30 bits per heavy atom. The van der Waals surface area contributed by atoms with E-state index in [-0.39, 0.29) is 0 Å². The molecule has 1 heterocycles. The third kappa shape index (κ3) is 3.48. The maximum absolute atomic E-state index is 11.5. The van der Waals surface area contributed by atoms with Gasteiger partial charge in [0.1, 0.15) is 0 Å². The lowest BCUT2D eigenvalue weighted by Gasteiger charge is -2.26. The molecule has 0 unspecified atom stereocenters. The van der Waals surface area contributed by atoms with Gasteiger partial charge in [0.15, 0.2) is 5.69 Å². The van der Waals surface area contributed by atoms with Crippen LogP contribution in [0.5, 0.6) is 0 Å². The number of nitrogens with one attached hydrogen (secondary N) is 2. The van der Waals surface area contributed by atoms with Crippen molar-refractivity contribution in [3.8, 4) is 0 Å². The summed E-state index contributed by atoms with van der Waals surface area (Å²) in [6.07, 6.45) is 0.767. The summed E-state index contributed by atoms with van der Waals surface area (Å²) in [6.45, 7) is 9.24. The molecule has 0 radical (unpaired) electrons. The predicted octanol–water partition coefficient (Wildman–Crippen LogP) is 0.998. The molecule has 6 heteroatoms. The smallest absolute Gasteiger partial charge is 0.311 e.